The summed E-state index contributed by atoms with van der Waals surface area (Å²) in [5.41, 5.74) is 5.69. The van der Waals surface area contributed by atoms with Crippen LogP contribution < -0.4 is 5.32 Å². The molecule has 0 radical (unpaired) electrons. The number of hydrogen-bond acceptors (Lipinski definition) is 2. The van der Waals surface area contributed by atoms with Crippen molar-refractivity contribution in [3.8, 4) is 11.3 Å². The minimum atomic E-state index is 0.733. The predicted molar refractivity (Wildman–Crippen MR) is 90.2 cm³/mol. The summed E-state index contributed by atoms with van der Waals surface area (Å²) in [5, 5.41) is 10.7. The zero-order valence-electron chi connectivity index (χ0n) is 11.7. The van der Waals surface area contributed by atoms with Crippen molar-refractivity contribution in [1.82, 2.24) is 10.2 Å². The first-order valence-corrected chi connectivity index (χ1v) is 7.60. The summed E-state index contributed by atoms with van der Waals surface area (Å²) >= 11 is 3.52. The standard InChI is InChI=1S/C17H16BrN3/c1-12-7-15(18)9-16(8-12)19-10-14-11-20-21-17(14)13-5-3-2-4-6-13/h2-9,11,19H,10H2,1H3,(H,20,21). The molecule has 0 saturated carbocycles. The van der Waals surface area contributed by atoms with E-state index in [1.807, 2.05) is 24.4 Å². The molecular weight excluding hydrogens is 326 g/mol. The van der Waals surface area contributed by atoms with Crippen LogP contribution in [-0.2, 0) is 6.54 Å². The van der Waals surface area contributed by atoms with Crippen LogP contribution in [0.5, 0.6) is 0 Å². The van der Waals surface area contributed by atoms with Gasteiger partial charge in [-0.15, -0.1) is 0 Å². The number of rotatable bonds is 4. The molecule has 21 heavy (non-hydrogen) atoms. The molecular formula is C17H16BrN3. The van der Waals surface area contributed by atoms with Gasteiger partial charge in [-0.25, -0.2) is 0 Å². The van der Waals surface area contributed by atoms with E-state index in [2.05, 4.69) is 68.7 Å². The van der Waals surface area contributed by atoms with Gasteiger partial charge < -0.3 is 5.32 Å². The first-order chi connectivity index (χ1) is 10.2. The molecule has 2 N–H and O–H groups in total. The molecule has 0 aliphatic heterocycles. The maximum Gasteiger partial charge on any atom is 0.0700 e. The minimum Gasteiger partial charge on any atom is -0.381 e. The zero-order valence-corrected chi connectivity index (χ0v) is 13.3. The molecule has 0 atom stereocenters. The van der Waals surface area contributed by atoms with Crippen LogP contribution in [0.1, 0.15) is 11.1 Å². The van der Waals surface area contributed by atoms with Crippen LogP contribution in [0.3, 0.4) is 0 Å². The fourth-order valence-electron chi connectivity index (χ4n) is 2.34. The van der Waals surface area contributed by atoms with Gasteiger partial charge in [0.25, 0.3) is 0 Å². The number of nitrogens with one attached hydrogen (secondary N) is 2. The molecule has 4 heteroatoms. The molecule has 3 nitrogen and oxygen atoms in total. The van der Waals surface area contributed by atoms with E-state index in [9.17, 15) is 0 Å². The van der Waals surface area contributed by atoms with Crippen molar-refractivity contribution >= 4 is 21.6 Å². The molecule has 0 amide bonds. The first-order valence-electron chi connectivity index (χ1n) is 6.81. The molecule has 0 aliphatic rings. The summed E-state index contributed by atoms with van der Waals surface area (Å²) in [6.45, 7) is 2.82. The van der Waals surface area contributed by atoms with Crippen LogP contribution in [0, 0.1) is 6.92 Å². The average Bonchev–Trinajstić information content (AvgIpc) is 2.93. The molecule has 1 heterocycles. The van der Waals surface area contributed by atoms with Crippen LogP contribution in [0.25, 0.3) is 11.3 Å². The van der Waals surface area contributed by atoms with E-state index in [-0.39, 0.29) is 0 Å². The average molecular weight is 342 g/mol. The third kappa shape index (κ3) is 3.34. The van der Waals surface area contributed by atoms with Gasteiger partial charge in [0.15, 0.2) is 0 Å². The van der Waals surface area contributed by atoms with Crippen LogP contribution in [0.15, 0.2) is 59.2 Å². The number of anilines is 1. The highest BCUT2D eigenvalue weighted by Crippen LogP contribution is 2.23. The molecule has 106 valence electrons. The fourth-order valence-corrected chi connectivity index (χ4v) is 2.94. The number of aryl methyl sites for hydroxylation is 1. The smallest absolute Gasteiger partial charge is 0.0700 e. The summed E-state index contributed by atoms with van der Waals surface area (Å²) in [6, 6.07) is 16.6. The Morgan fingerprint density at radius 2 is 1.95 bits per heavy atom. The zero-order chi connectivity index (χ0) is 14.7. The van der Waals surface area contributed by atoms with Gasteiger partial charge in [0.05, 0.1) is 11.9 Å². The van der Waals surface area contributed by atoms with Crippen molar-refractivity contribution in [2.75, 3.05) is 5.32 Å². The largest absolute Gasteiger partial charge is 0.381 e. The number of hydrogen-bond donors (Lipinski definition) is 2. The molecule has 0 spiro atoms. The van der Waals surface area contributed by atoms with E-state index in [0.717, 1.165) is 33.5 Å². The predicted octanol–water partition coefficient (Wildman–Crippen LogP) is 4.76. The van der Waals surface area contributed by atoms with E-state index < -0.39 is 0 Å². The van der Waals surface area contributed by atoms with Gasteiger partial charge in [-0.2, -0.15) is 5.10 Å². The lowest BCUT2D eigenvalue weighted by molar-refractivity contribution is 1.10. The third-order valence-electron chi connectivity index (χ3n) is 3.31. The van der Waals surface area contributed by atoms with Crippen molar-refractivity contribution in [3.63, 3.8) is 0 Å². The Labute approximate surface area is 132 Å². The number of halogens is 1. The van der Waals surface area contributed by atoms with Gasteiger partial charge >= 0.3 is 0 Å². The molecule has 3 rings (SSSR count). The summed E-state index contributed by atoms with van der Waals surface area (Å²) in [5.74, 6) is 0. The van der Waals surface area contributed by atoms with Crippen molar-refractivity contribution in [2.45, 2.75) is 13.5 Å². The highest BCUT2D eigenvalue weighted by Gasteiger charge is 2.07. The number of nitrogens with zero attached hydrogens (tertiary/aromatic N) is 1. The van der Waals surface area contributed by atoms with E-state index in [1.54, 1.807) is 0 Å². The van der Waals surface area contributed by atoms with Crippen LogP contribution >= 0.6 is 15.9 Å². The second kappa shape index (κ2) is 6.14. The van der Waals surface area contributed by atoms with E-state index in [4.69, 9.17) is 0 Å². The van der Waals surface area contributed by atoms with Crippen LogP contribution in [0.4, 0.5) is 5.69 Å². The summed E-state index contributed by atoms with van der Waals surface area (Å²) in [4.78, 5) is 0. The maximum absolute atomic E-state index is 4.17. The van der Waals surface area contributed by atoms with Gasteiger partial charge in [0, 0.05) is 22.3 Å². The van der Waals surface area contributed by atoms with Crippen molar-refractivity contribution < 1.29 is 0 Å². The highest BCUT2D eigenvalue weighted by molar-refractivity contribution is 9.10. The Morgan fingerprint density at radius 1 is 1.14 bits per heavy atom. The van der Waals surface area contributed by atoms with Gasteiger partial charge in [-0.3, -0.25) is 5.10 Å². The molecule has 0 unspecified atom stereocenters. The van der Waals surface area contributed by atoms with Gasteiger partial charge in [0.2, 0.25) is 0 Å². The summed E-state index contributed by atoms with van der Waals surface area (Å²) in [6.07, 6.45) is 1.88. The number of benzene rings is 2. The van der Waals surface area contributed by atoms with Crippen LogP contribution in [0.2, 0.25) is 0 Å². The van der Waals surface area contributed by atoms with E-state index >= 15 is 0 Å². The molecule has 0 bridgehead atoms. The lowest BCUT2D eigenvalue weighted by Crippen LogP contribution is -2.00. The molecule has 1 aromatic heterocycles. The monoisotopic (exact) mass is 341 g/mol. The second-order valence-corrected chi connectivity index (χ2v) is 5.92. The SMILES string of the molecule is Cc1cc(Br)cc(NCc2cn[nH]c2-c2ccccc2)c1. The highest BCUT2D eigenvalue weighted by atomic mass is 79.9. The molecule has 2 aromatic carbocycles. The lowest BCUT2D eigenvalue weighted by Gasteiger charge is -2.08. The number of aromatic amines is 1. The van der Waals surface area contributed by atoms with Crippen molar-refractivity contribution in [3.05, 3.63) is 70.3 Å². The Hall–Kier alpha value is -2.07. The normalized spacial score (nSPS) is 10.6. The number of H-pyrrole nitrogens is 1. The molecule has 0 aliphatic carbocycles. The fraction of sp³-hybridized carbons (Fsp3) is 0.118. The Kier molecular flexibility index (Phi) is 4.06. The van der Waals surface area contributed by atoms with Crippen LogP contribution in [-0.4, -0.2) is 10.2 Å². The quantitative estimate of drug-likeness (QED) is 0.718. The molecule has 3 aromatic rings. The Bertz CT molecular complexity index is 715. The first kappa shape index (κ1) is 13.9. The van der Waals surface area contributed by atoms with Crippen molar-refractivity contribution in [2.24, 2.45) is 0 Å². The van der Waals surface area contributed by atoms with E-state index in [0.29, 0.717) is 0 Å². The molecule has 0 fully saturated rings. The van der Waals surface area contributed by atoms with Crippen molar-refractivity contribution in [1.29, 1.82) is 0 Å². The van der Waals surface area contributed by atoms with E-state index in [1.165, 1.54) is 5.56 Å². The lowest BCUT2D eigenvalue weighted by atomic mass is 10.1. The Balaban J connectivity index is 1.79. The topological polar surface area (TPSA) is 40.7 Å². The van der Waals surface area contributed by atoms with Gasteiger partial charge in [-0.1, -0.05) is 46.3 Å². The third-order valence-corrected chi connectivity index (χ3v) is 3.76. The Morgan fingerprint density at radius 3 is 2.71 bits per heavy atom. The summed E-state index contributed by atoms with van der Waals surface area (Å²) < 4.78 is 1.08. The van der Waals surface area contributed by atoms with Gasteiger partial charge in [-0.05, 0) is 36.2 Å². The molecule has 0 saturated heterocycles. The maximum atomic E-state index is 4.17. The second-order valence-electron chi connectivity index (χ2n) is 5.01. The number of aromatic nitrogens is 2. The van der Waals surface area contributed by atoms with Gasteiger partial charge in [0.1, 0.15) is 0 Å². The summed E-state index contributed by atoms with van der Waals surface area (Å²) in [7, 11) is 0. The minimum absolute atomic E-state index is 0.733.